The van der Waals surface area contributed by atoms with Gasteiger partial charge in [0.1, 0.15) is 5.76 Å². The molecule has 0 bridgehead atoms. The fourth-order valence-electron chi connectivity index (χ4n) is 4.06. The van der Waals surface area contributed by atoms with Gasteiger partial charge in [-0.05, 0) is 38.5 Å². The molecule has 2 heterocycles. The summed E-state index contributed by atoms with van der Waals surface area (Å²) < 4.78 is 10.6. The Hall–Kier alpha value is -1.62. The molecule has 0 saturated carbocycles. The van der Waals surface area contributed by atoms with Crippen LogP contribution < -0.4 is 0 Å². The molecule has 0 spiro atoms. The number of ether oxygens (including phenoxy) is 1. The first-order chi connectivity index (χ1) is 11.0. The zero-order valence-electron chi connectivity index (χ0n) is 14.4. The molecule has 4 atom stereocenters. The van der Waals surface area contributed by atoms with Gasteiger partial charge in [0.2, 0.25) is 0 Å². The van der Waals surface area contributed by atoms with E-state index in [1.54, 1.807) is 0 Å². The van der Waals surface area contributed by atoms with Gasteiger partial charge in [0, 0.05) is 25.2 Å². The standard InChI is InChI=1S/C18H26N2O3/c1-5-22-18(21)17-11(2)6-7-14-8-20(10-16(14)17)9-15-12(3)19-23-13(15)4/h6-7,11,14,16-17H,5,8-10H2,1-4H3/t11-,14-,16-,17-/m0/s1. The van der Waals surface area contributed by atoms with Crippen LogP contribution in [0.3, 0.4) is 0 Å². The number of carbonyl (C=O) groups excluding carboxylic acids is 1. The second-order valence-corrected chi connectivity index (χ2v) is 6.85. The van der Waals surface area contributed by atoms with Crippen LogP contribution in [-0.2, 0) is 16.1 Å². The maximum absolute atomic E-state index is 12.4. The lowest BCUT2D eigenvalue weighted by Gasteiger charge is -2.32. The molecule has 1 saturated heterocycles. The fourth-order valence-corrected chi connectivity index (χ4v) is 4.06. The minimum absolute atomic E-state index is 0.0281. The summed E-state index contributed by atoms with van der Waals surface area (Å²) in [5.74, 6) is 1.84. The SMILES string of the molecule is CCOC(=O)[C@@H]1[C@H]2CN(Cc3c(C)noc3C)C[C@@H]2C=C[C@@H]1C. The summed E-state index contributed by atoms with van der Waals surface area (Å²) in [5, 5.41) is 4.04. The number of hydrogen-bond acceptors (Lipinski definition) is 5. The van der Waals surface area contributed by atoms with E-state index in [9.17, 15) is 4.79 Å². The average Bonchev–Trinajstić information content (AvgIpc) is 3.05. The van der Waals surface area contributed by atoms with Crippen molar-refractivity contribution in [1.29, 1.82) is 0 Å². The van der Waals surface area contributed by atoms with Crippen molar-refractivity contribution in [2.75, 3.05) is 19.7 Å². The van der Waals surface area contributed by atoms with Crippen molar-refractivity contribution in [3.8, 4) is 0 Å². The molecule has 1 aliphatic heterocycles. The molecule has 0 amide bonds. The number of aryl methyl sites for hydroxylation is 2. The number of hydrogen-bond donors (Lipinski definition) is 0. The smallest absolute Gasteiger partial charge is 0.309 e. The van der Waals surface area contributed by atoms with Crippen molar-refractivity contribution in [3.05, 3.63) is 29.2 Å². The number of nitrogens with zero attached hydrogens (tertiary/aromatic N) is 2. The van der Waals surface area contributed by atoms with Crippen molar-refractivity contribution < 1.29 is 14.1 Å². The maximum Gasteiger partial charge on any atom is 0.309 e. The van der Waals surface area contributed by atoms with Crippen LogP contribution in [0.25, 0.3) is 0 Å². The van der Waals surface area contributed by atoms with Crippen LogP contribution in [0.2, 0.25) is 0 Å². The monoisotopic (exact) mass is 318 g/mol. The molecule has 0 aromatic carbocycles. The number of allylic oxidation sites excluding steroid dienone is 1. The third-order valence-corrected chi connectivity index (χ3v) is 5.30. The van der Waals surface area contributed by atoms with Gasteiger partial charge in [0.15, 0.2) is 0 Å². The van der Waals surface area contributed by atoms with Crippen LogP contribution in [0.1, 0.15) is 30.9 Å². The van der Waals surface area contributed by atoms with E-state index in [-0.39, 0.29) is 17.8 Å². The highest BCUT2D eigenvalue weighted by molar-refractivity contribution is 5.74. The lowest BCUT2D eigenvalue weighted by atomic mass is 9.72. The predicted octanol–water partition coefficient (Wildman–Crippen LogP) is 2.72. The molecule has 5 heteroatoms. The van der Waals surface area contributed by atoms with E-state index in [2.05, 4.69) is 29.1 Å². The van der Waals surface area contributed by atoms with Gasteiger partial charge in [-0.25, -0.2) is 0 Å². The molecule has 2 aliphatic rings. The third kappa shape index (κ3) is 3.07. The first-order valence-electron chi connectivity index (χ1n) is 8.50. The van der Waals surface area contributed by atoms with Gasteiger partial charge in [-0.15, -0.1) is 0 Å². The Labute approximate surface area is 137 Å². The molecule has 1 aromatic heterocycles. The maximum atomic E-state index is 12.4. The Bertz CT molecular complexity index is 588. The summed E-state index contributed by atoms with van der Waals surface area (Å²) in [5.41, 5.74) is 2.14. The molecule has 0 radical (unpaired) electrons. The molecule has 126 valence electrons. The van der Waals surface area contributed by atoms with Crippen molar-refractivity contribution in [3.63, 3.8) is 0 Å². The second-order valence-electron chi connectivity index (χ2n) is 6.85. The molecule has 3 rings (SSSR count). The molecular formula is C18H26N2O3. The lowest BCUT2D eigenvalue weighted by Crippen LogP contribution is -2.37. The van der Waals surface area contributed by atoms with Gasteiger partial charge >= 0.3 is 5.97 Å². The van der Waals surface area contributed by atoms with Crippen LogP contribution in [0.15, 0.2) is 16.7 Å². The quantitative estimate of drug-likeness (QED) is 0.631. The number of carbonyl (C=O) groups is 1. The Morgan fingerprint density at radius 3 is 2.83 bits per heavy atom. The van der Waals surface area contributed by atoms with Crippen molar-refractivity contribution in [1.82, 2.24) is 10.1 Å². The Balaban J connectivity index is 1.74. The highest BCUT2D eigenvalue weighted by Crippen LogP contribution is 2.40. The van der Waals surface area contributed by atoms with E-state index in [0.717, 1.165) is 31.1 Å². The summed E-state index contributed by atoms with van der Waals surface area (Å²) in [6.45, 7) is 11.1. The van der Waals surface area contributed by atoms with E-state index in [1.165, 1.54) is 5.56 Å². The first kappa shape index (κ1) is 16.2. The fraction of sp³-hybridized carbons (Fsp3) is 0.667. The van der Waals surface area contributed by atoms with E-state index < -0.39 is 0 Å². The summed E-state index contributed by atoms with van der Waals surface area (Å²) >= 11 is 0. The minimum Gasteiger partial charge on any atom is -0.466 e. The van der Waals surface area contributed by atoms with Crippen LogP contribution in [0.4, 0.5) is 0 Å². The Kier molecular flexibility index (Phi) is 4.57. The largest absolute Gasteiger partial charge is 0.466 e. The summed E-state index contributed by atoms with van der Waals surface area (Å²) in [6.07, 6.45) is 4.47. The summed E-state index contributed by atoms with van der Waals surface area (Å²) in [4.78, 5) is 14.8. The van der Waals surface area contributed by atoms with Crippen LogP contribution in [0, 0.1) is 37.5 Å². The summed E-state index contributed by atoms with van der Waals surface area (Å²) in [6, 6.07) is 0. The van der Waals surface area contributed by atoms with Gasteiger partial charge in [0.25, 0.3) is 0 Å². The number of aromatic nitrogens is 1. The van der Waals surface area contributed by atoms with Crippen molar-refractivity contribution >= 4 is 5.97 Å². The van der Waals surface area contributed by atoms with Gasteiger partial charge < -0.3 is 9.26 Å². The zero-order valence-corrected chi connectivity index (χ0v) is 14.4. The molecule has 0 unspecified atom stereocenters. The van der Waals surface area contributed by atoms with Gasteiger partial charge in [-0.1, -0.05) is 24.2 Å². The Morgan fingerprint density at radius 2 is 2.17 bits per heavy atom. The molecule has 1 aromatic rings. The van der Waals surface area contributed by atoms with Gasteiger partial charge in [-0.3, -0.25) is 9.69 Å². The van der Waals surface area contributed by atoms with Gasteiger partial charge in [0.05, 0.1) is 18.2 Å². The lowest BCUT2D eigenvalue weighted by molar-refractivity contribution is -0.152. The van der Waals surface area contributed by atoms with E-state index in [0.29, 0.717) is 18.4 Å². The number of esters is 1. The Morgan fingerprint density at radius 1 is 1.39 bits per heavy atom. The molecule has 1 fully saturated rings. The topological polar surface area (TPSA) is 55.6 Å². The minimum atomic E-state index is -0.0430. The zero-order chi connectivity index (χ0) is 16.6. The predicted molar refractivity (Wildman–Crippen MR) is 86.7 cm³/mol. The molecule has 5 nitrogen and oxygen atoms in total. The molecule has 0 N–H and O–H groups in total. The van der Waals surface area contributed by atoms with E-state index >= 15 is 0 Å². The normalized spacial score (nSPS) is 30.4. The number of fused-ring (bicyclic) bond motifs is 1. The van der Waals surface area contributed by atoms with Crippen LogP contribution in [-0.4, -0.2) is 35.7 Å². The summed E-state index contributed by atoms with van der Waals surface area (Å²) in [7, 11) is 0. The van der Waals surface area contributed by atoms with Crippen LogP contribution >= 0.6 is 0 Å². The van der Waals surface area contributed by atoms with Crippen molar-refractivity contribution in [2.45, 2.75) is 34.2 Å². The first-order valence-corrected chi connectivity index (χ1v) is 8.50. The molecular weight excluding hydrogens is 292 g/mol. The molecule has 23 heavy (non-hydrogen) atoms. The van der Waals surface area contributed by atoms with Crippen LogP contribution in [0.5, 0.6) is 0 Å². The highest BCUT2D eigenvalue weighted by atomic mass is 16.5. The average molecular weight is 318 g/mol. The van der Waals surface area contributed by atoms with E-state index in [4.69, 9.17) is 9.26 Å². The second kappa shape index (κ2) is 6.48. The number of likely N-dealkylation sites (tertiary alicyclic amines) is 1. The highest BCUT2D eigenvalue weighted by Gasteiger charge is 2.44. The third-order valence-electron chi connectivity index (χ3n) is 5.30. The van der Waals surface area contributed by atoms with Crippen molar-refractivity contribution in [2.24, 2.45) is 23.7 Å². The van der Waals surface area contributed by atoms with Gasteiger partial charge in [-0.2, -0.15) is 0 Å². The molecule has 1 aliphatic carbocycles. The number of rotatable bonds is 4. The van der Waals surface area contributed by atoms with E-state index in [1.807, 2.05) is 20.8 Å².